The van der Waals surface area contributed by atoms with Crippen LogP contribution in [0.4, 0.5) is 0 Å². The van der Waals surface area contributed by atoms with E-state index >= 15 is 0 Å². The van der Waals surface area contributed by atoms with Gasteiger partial charge in [-0.1, -0.05) is 17.7 Å². The number of aryl methyl sites for hydroxylation is 1. The molecule has 2 N–H and O–H groups in total. The number of imide groups is 1. The smallest absolute Gasteiger partial charge is 0.398 e. The highest BCUT2D eigenvalue weighted by Gasteiger charge is 2.26. The Morgan fingerprint density at radius 3 is 2.28 bits per heavy atom. The summed E-state index contributed by atoms with van der Waals surface area (Å²) in [6.45, 7) is 3.45. The molecule has 0 aliphatic carbocycles. The molecule has 0 saturated carbocycles. The first-order chi connectivity index (χ1) is 8.47. The van der Waals surface area contributed by atoms with Crippen LogP contribution >= 0.6 is 0 Å². The van der Waals surface area contributed by atoms with E-state index in [1.807, 2.05) is 6.92 Å². The van der Waals surface area contributed by atoms with Gasteiger partial charge in [0, 0.05) is 5.56 Å². The van der Waals surface area contributed by atoms with Gasteiger partial charge >= 0.3 is 11.9 Å². The van der Waals surface area contributed by atoms with Gasteiger partial charge in [-0.05, 0) is 26.0 Å². The van der Waals surface area contributed by atoms with Crippen LogP contribution in [0.25, 0.3) is 0 Å². The zero-order chi connectivity index (χ0) is 13.7. The fourth-order valence-corrected chi connectivity index (χ4v) is 1.22. The number of benzene rings is 1. The zero-order valence-corrected chi connectivity index (χ0v) is 10.2. The van der Waals surface area contributed by atoms with Crippen LogP contribution in [-0.4, -0.2) is 29.4 Å². The van der Waals surface area contributed by atoms with Gasteiger partial charge in [-0.3, -0.25) is 9.59 Å². The molecule has 1 aromatic rings. The number of nitrogens with two attached hydrogens (primary N) is 1. The van der Waals surface area contributed by atoms with E-state index in [-0.39, 0.29) is 17.2 Å². The topological polar surface area (TPSA) is 89.7 Å². The lowest BCUT2D eigenvalue weighted by Gasteiger charge is -2.13. The number of hydrogen-bond acceptors (Lipinski definition) is 5. The fraction of sp³-hybridized carbons (Fsp3) is 0.250. The van der Waals surface area contributed by atoms with Crippen molar-refractivity contribution in [2.45, 2.75) is 13.8 Å². The van der Waals surface area contributed by atoms with Gasteiger partial charge in [-0.15, -0.1) is 0 Å². The number of ether oxygens (including phenoxy) is 1. The number of carbonyl (C=O) groups excluding carboxylic acids is 3. The highest BCUT2D eigenvalue weighted by Crippen LogP contribution is 2.05. The molecule has 96 valence electrons. The van der Waals surface area contributed by atoms with E-state index < -0.39 is 17.8 Å². The third kappa shape index (κ3) is 3.14. The van der Waals surface area contributed by atoms with Crippen LogP contribution in [0.5, 0.6) is 0 Å². The average molecular weight is 250 g/mol. The monoisotopic (exact) mass is 250 g/mol. The summed E-state index contributed by atoms with van der Waals surface area (Å²) in [5, 5.41) is 0.253. The molecule has 0 atom stereocenters. The van der Waals surface area contributed by atoms with Crippen LogP contribution in [-0.2, 0) is 14.3 Å². The summed E-state index contributed by atoms with van der Waals surface area (Å²) in [5.41, 5.74) is 1.19. The van der Waals surface area contributed by atoms with Crippen LogP contribution in [0.3, 0.4) is 0 Å². The molecule has 0 saturated heterocycles. The molecule has 6 heteroatoms. The minimum Gasteiger partial charge on any atom is -0.459 e. The van der Waals surface area contributed by atoms with Gasteiger partial charge < -0.3 is 4.74 Å². The average Bonchev–Trinajstić information content (AvgIpc) is 2.37. The number of carbonyl (C=O) groups is 3. The van der Waals surface area contributed by atoms with Crippen LogP contribution in [0.15, 0.2) is 24.3 Å². The molecule has 1 rings (SSSR count). The molecule has 0 unspecified atom stereocenters. The molecular weight excluding hydrogens is 236 g/mol. The van der Waals surface area contributed by atoms with Crippen molar-refractivity contribution in [1.82, 2.24) is 5.01 Å². The van der Waals surface area contributed by atoms with E-state index in [0.29, 0.717) is 0 Å². The molecule has 0 spiro atoms. The van der Waals surface area contributed by atoms with Crippen molar-refractivity contribution < 1.29 is 19.1 Å². The first-order valence-corrected chi connectivity index (χ1v) is 5.34. The zero-order valence-electron chi connectivity index (χ0n) is 10.2. The number of amides is 2. The van der Waals surface area contributed by atoms with Crippen LogP contribution in [0.2, 0.25) is 0 Å². The Kier molecular flexibility index (Phi) is 4.56. The van der Waals surface area contributed by atoms with E-state index in [2.05, 4.69) is 4.74 Å². The standard InChI is InChI=1S/C12H14N2O4/c1-3-18-12(17)11(16)14(13)10(15)9-6-4-8(2)5-7-9/h4-7H,3,13H2,1-2H3. The van der Waals surface area contributed by atoms with Gasteiger partial charge in [-0.2, -0.15) is 0 Å². The van der Waals surface area contributed by atoms with Crippen molar-refractivity contribution in [2.75, 3.05) is 6.61 Å². The third-order valence-corrected chi connectivity index (χ3v) is 2.19. The van der Waals surface area contributed by atoms with Gasteiger partial charge in [-0.25, -0.2) is 15.6 Å². The van der Waals surface area contributed by atoms with E-state index in [4.69, 9.17) is 5.84 Å². The summed E-state index contributed by atoms with van der Waals surface area (Å²) >= 11 is 0. The summed E-state index contributed by atoms with van der Waals surface area (Å²) in [7, 11) is 0. The lowest BCUT2D eigenvalue weighted by atomic mass is 10.1. The van der Waals surface area contributed by atoms with Gasteiger partial charge in [0.15, 0.2) is 0 Å². The second-order valence-corrected chi connectivity index (χ2v) is 3.57. The van der Waals surface area contributed by atoms with Crippen LogP contribution in [0.1, 0.15) is 22.8 Å². The van der Waals surface area contributed by atoms with E-state index in [0.717, 1.165) is 5.56 Å². The van der Waals surface area contributed by atoms with E-state index in [9.17, 15) is 14.4 Å². The molecule has 18 heavy (non-hydrogen) atoms. The van der Waals surface area contributed by atoms with Crippen LogP contribution < -0.4 is 5.84 Å². The Bertz CT molecular complexity index is 467. The molecule has 2 amide bonds. The molecule has 1 aromatic carbocycles. The fourth-order valence-electron chi connectivity index (χ4n) is 1.22. The van der Waals surface area contributed by atoms with Crippen LogP contribution in [0, 0.1) is 6.92 Å². The SMILES string of the molecule is CCOC(=O)C(=O)N(N)C(=O)c1ccc(C)cc1. The van der Waals surface area contributed by atoms with E-state index in [1.165, 1.54) is 12.1 Å². The Labute approximate surface area is 104 Å². The molecule has 0 aliphatic heterocycles. The van der Waals surface area contributed by atoms with Crippen molar-refractivity contribution in [3.8, 4) is 0 Å². The number of hydrazine groups is 1. The molecule has 0 bridgehead atoms. The molecule has 0 radical (unpaired) electrons. The Morgan fingerprint density at radius 1 is 1.22 bits per heavy atom. The Balaban J connectivity index is 2.81. The minimum absolute atomic E-state index is 0.0388. The molecule has 0 aliphatic rings. The maximum atomic E-state index is 11.8. The quantitative estimate of drug-likeness (QED) is 0.270. The summed E-state index contributed by atoms with van der Waals surface area (Å²) in [6, 6.07) is 6.46. The summed E-state index contributed by atoms with van der Waals surface area (Å²) < 4.78 is 4.47. The molecule has 0 fully saturated rings. The van der Waals surface area contributed by atoms with Gasteiger partial charge in [0.1, 0.15) is 0 Å². The molecular formula is C12H14N2O4. The van der Waals surface area contributed by atoms with Gasteiger partial charge in [0.25, 0.3) is 5.91 Å². The van der Waals surface area contributed by atoms with Crippen molar-refractivity contribution >= 4 is 17.8 Å². The number of nitrogens with zero attached hydrogens (tertiary/aromatic N) is 1. The molecule has 6 nitrogen and oxygen atoms in total. The molecule has 0 heterocycles. The lowest BCUT2D eigenvalue weighted by molar-refractivity contribution is -0.158. The van der Waals surface area contributed by atoms with Crippen molar-refractivity contribution in [2.24, 2.45) is 5.84 Å². The Morgan fingerprint density at radius 2 is 1.78 bits per heavy atom. The number of rotatable bonds is 2. The molecule has 0 aromatic heterocycles. The first-order valence-electron chi connectivity index (χ1n) is 5.34. The second kappa shape index (κ2) is 5.92. The number of hydrogen-bond donors (Lipinski definition) is 1. The van der Waals surface area contributed by atoms with Crippen molar-refractivity contribution in [1.29, 1.82) is 0 Å². The lowest BCUT2D eigenvalue weighted by Crippen LogP contribution is -2.46. The maximum absolute atomic E-state index is 11.8. The predicted octanol–water partition coefficient (Wildman–Crippen LogP) is 0.401. The van der Waals surface area contributed by atoms with Crippen molar-refractivity contribution in [3.63, 3.8) is 0 Å². The van der Waals surface area contributed by atoms with Crippen molar-refractivity contribution in [3.05, 3.63) is 35.4 Å². The van der Waals surface area contributed by atoms with E-state index in [1.54, 1.807) is 19.1 Å². The van der Waals surface area contributed by atoms with Gasteiger partial charge in [0.05, 0.1) is 6.61 Å². The summed E-state index contributed by atoms with van der Waals surface area (Å²) in [4.78, 5) is 34.3. The predicted molar refractivity (Wildman–Crippen MR) is 63.2 cm³/mol. The highest BCUT2D eigenvalue weighted by molar-refractivity contribution is 6.35. The normalized spacial score (nSPS) is 9.72. The second-order valence-electron chi connectivity index (χ2n) is 3.57. The largest absolute Gasteiger partial charge is 0.459 e. The number of esters is 1. The highest BCUT2D eigenvalue weighted by atomic mass is 16.5. The summed E-state index contributed by atoms with van der Waals surface area (Å²) in [5.74, 6) is 2.19. The third-order valence-electron chi connectivity index (χ3n) is 2.19. The minimum atomic E-state index is -1.19. The Hall–Kier alpha value is -2.21. The van der Waals surface area contributed by atoms with Gasteiger partial charge in [0.2, 0.25) is 0 Å². The first kappa shape index (κ1) is 13.9. The summed E-state index contributed by atoms with van der Waals surface area (Å²) in [6.07, 6.45) is 0. The maximum Gasteiger partial charge on any atom is 0.398 e.